The summed E-state index contributed by atoms with van der Waals surface area (Å²) in [5.41, 5.74) is 4.59. The van der Waals surface area contributed by atoms with Gasteiger partial charge in [0, 0.05) is 5.92 Å². The van der Waals surface area contributed by atoms with Crippen LogP contribution < -0.4 is 0 Å². The first-order chi connectivity index (χ1) is 11.3. The summed E-state index contributed by atoms with van der Waals surface area (Å²) < 4.78 is 0. The maximum Gasteiger partial charge on any atom is 0.128 e. The van der Waals surface area contributed by atoms with E-state index >= 15 is 0 Å². The second kappa shape index (κ2) is 7.06. The Hall–Kier alpha value is -2.67. The van der Waals surface area contributed by atoms with Crippen LogP contribution in [0.25, 0.3) is 0 Å². The molecule has 0 fully saturated rings. The lowest BCUT2D eigenvalue weighted by Crippen LogP contribution is -2.14. The Bertz CT molecular complexity index is 705. The average molecular weight is 300 g/mol. The highest BCUT2D eigenvalue weighted by atomic mass is 16.1. The summed E-state index contributed by atoms with van der Waals surface area (Å²) in [7, 11) is 0. The van der Waals surface area contributed by atoms with Crippen molar-refractivity contribution in [1.29, 1.82) is 0 Å². The first-order valence-corrected chi connectivity index (χ1v) is 7.91. The van der Waals surface area contributed by atoms with Gasteiger partial charge >= 0.3 is 0 Å². The van der Waals surface area contributed by atoms with Gasteiger partial charge in [-0.1, -0.05) is 90.5 Å². The number of carbonyl (C=O) groups is 1. The number of hydrogen-bond acceptors (Lipinski definition) is 1. The van der Waals surface area contributed by atoms with E-state index in [1.165, 1.54) is 5.56 Å². The van der Waals surface area contributed by atoms with E-state index in [1.807, 2.05) is 36.4 Å². The van der Waals surface area contributed by atoms with Crippen LogP contribution in [-0.2, 0) is 4.79 Å². The Morgan fingerprint density at radius 3 is 1.57 bits per heavy atom. The van der Waals surface area contributed by atoms with Gasteiger partial charge in [0.1, 0.15) is 6.29 Å². The van der Waals surface area contributed by atoms with Gasteiger partial charge in [-0.3, -0.25) is 0 Å². The molecule has 1 atom stereocenters. The number of hydrogen-bond donors (Lipinski definition) is 0. The van der Waals surface area contributed by atoms with Crippen molar-refractivity contribution in [2.24, 2.45) is 0 Å². The molecule has 0 saturated carbocycles. The maximum absolute atomic E-state index is 12.0. The molecular weight excluding hydrogens is 280 g/mol. The van der Waals surface area contributed by atoms with Crippen molar-refractivity contribution in [2.45, 2.75) is 18.8 Å². The highest BCUT2D eigenvalue weighted by molar-refractivity contribution is 5.66. The smallest absolute Gasteiger partial charge is 0.128 e. The number of carbonyl (C=O) groups excluding carboxylic acids is 1. The van der Waals surface area contributed by atoms with Crippen LogP contribution in [0, 0.1) is 6.92 Å². The summed E-state index contributed by atoms with van der Waals surface area (Å²) >= 11 is 0. The van der Waals surface area contributed by atoms with Crippen molar-refractivity contribution in [1.82, 2.24) is 0 Å². The molecule has 0 amide bonds. The van der Waals surface area contributed by atoms with Crippen LogP contribution in [-0.4, -0.2) is 6.29 Å². The zero-order chi connectivity index (χ0) is 16.1. The summed E-state index contributed by atoms with van der Waals surface area (Å²) in [4.78, 5) is 12.0. The Balaban J connectivity index is 2.10. The number of benzene rings is 3. The zero-order valence-electron chi connectivity index (χ0n) is 13.2. The predicted octanol–water partition coefficient (Wildman–Crippen LogP) is 5.11. The van der Waals surface area contributed by atoms with Crippen molar-refractivity contribution in [3.63, 3.8) is 0 Å². The summed E-state index contributed by atoms with van der Waals surface area (Å²) in [5.74, 6) is -0.169. The quantitative estimate of drug-likeness (QED) is 0.598. The summed E-state index contributed by atoms with van der Waals surface area (Å²) in [6, 6.07) is 28.8. The van der Waals surface area contributed by atoms with Crippen molar-refractivity contribution in [3.8, 4) is 0 Å². The van der Waals surface area contributed by atoms with Crippen LogP contribution in [0.3, 0.4) is 0 Å². The van der Waals surface area contributed by atoms with E-state index in [0.29, 0.717) is 0 Å². The van der Waals surface area contributed by atoms with E-state index in [9.17, 15) is 4.79 Å². The van der Waals surface area contributed by atoms with Crippen molar-refractivity contribution < 1.29 is 4.79 Å². The normalized spacial score (nSPS) is 12.1. The Morgan fingerprint density at radius 1 is 0.652 bits per heavy atom. The molecule has 3 rings (SSSR count). The van der Waals surface area contributed by atoms with Crippen LogP contribution in [0.1, 0.15) is 34.1 Å². The molecular formula is C22H20O. The molecule has 114 valence electrons. The second-order valence-corrected chi connectivity index (χ2v) is 5.87. The molecule has 0 saturated heterocycles. The lowest BCUT2D eigenvalue weighted by Gasteiger charge is -2.24. The molecule has 0 spiro atoms. The fourth-order valence-electron chi connectivity index (χ4n) is 3.07. The molecule has 1 unspecified atom stereocenters. The fourth-order valence-corrected chi connectivity index (χ4v) is 3.07. The maximum atomic E-state index is 12.0. The first kappa shape index (κ1) is 15.2. The zero-order valence-corrected chi connectivity index (χ0v) is 13.2. The van der Waals surface area contributed by atoms with Crippen LogP contribution in [0.4, 0.5) is 0 Å². The minimum absolute atomic E-state index is 0.0256. The number of rotatable bonds is 5. The van der Waals surface area contributed by atoms with E-state index in [4.69, 9.17) is 0 Å². The molecule has 0 heterocycles. The van der Waals surface area contributed by atoms with Crippen molar-refractivity contribution >= 4 is 6.29 Å². The van der Waals surface area contributed by atoms with Gasteiger partial charge in [-0.25, -0.2) is 0 Å². The van der Waals surface area contributed by atoms with Gasteiger partial charge in [0.25, 0.3) is 0 Å². The third kappa shape index (κ3) is 3.40. The molecule has 0 bridgehead atoms. The summed E-state index contributed by atoms with van der Waals surface area (Å²) in [5, 5.41) is 0. The lowest BCUT2D eigenvalue weighted by atomic mass is 9.78. The SMILES string of the molecule is Cc1ccc(C(C=O)C(c2ccccc2)c2ccccc2)cc1. The van der Waals surface area contributed by atoms with Crippen LogP contribution in [0.2, 0.25) is 0 Å². The van der Waals surface area contributed by atoms with Crippen molar-refractivity contribution in [2.75, 3.05) is 0 Å². The molecule has 0 aliphatic heterocycles. The molecule has 0 aliphatic rings. The van der Waals surface area contributed by atoms with E-state index in [-0.39, 0.29) is 11.8 Å². The largest absolute Gasteiger partial charge is 0.303 e. The summed E-state index contributed by atoms with van der Waals surface area (Å²) in [6.45, 7) is 2.06. The monoisotopic (exact) mass is 300 g/mol. The Kier molecular flexibility index (Phi) is 4.68. The van der Waals surface area contributed by atoms with Gasteiger partial charge in [0.2, 0.25) is 0 Å². The average Bonchev–Trinajstić information content (AvgIpc) is 2.62. The highest BCUT2D eigenvalue weighted by Crippen LogP contribution is 2.37. The van der Waals surface area contributed by atoms with Gasteiger partial charge in [-0.05, 0) is 23.6 Å². The molecule has 23 heavy (non-hydrogen) atoms. The highest BCUT2D eigenvalue weighted by Gasteiger charge is 2.25. The Morgan fingerprint density at radius 2 is 1.13 bits per heavy atom. The summed E-state index contributed by atoms with van der Waals surface area (Å²) in [6.07, 6.45) is 1.08. The Labute approximate surface area is 137 Å². The molecule has 1 nitrogen and oxygen atoms in total. The molecule has 0 N–H and O–H groups in total. The molecule has 0 aromatic heterocycles. The third-order valence-electron chi connectivity index (χ3n) is 4.29. The third-order valence-corrected chi connectivity index (χ3v) is 4.29. The van der Waals surface area contributed by atoms with E-state index in [1.54, 1.807) is 0 Å². The predicted molar refractivity (Wildman–Crippen MR) is 94.7 cm³/mol. The van der Waals surface area contributed by atoms with E-state index in [2.05, 4.69) is 55.5 Å². The van der Waals surface area contributed by atoms with E-state index in [0.717, 1.165) is 23.0 Å². The molecule has 3 aromatic rings. The minimum atomic E-state index is -0.194. The van der Waals surface area contributed by atoms with Crippen LogP contribution in [0.5, 0.6) is 0 Å². The van der Waals surface area contributed by atoms with Gasteiger partial charge in [0.15, 0.2) is 0 Å². The minimum Gasteiger partial charge on any atom is -0.303 e. The number of aryl methyl sites for hydroxylation is 1. The van der Waals surface area contributed by atoms with E-state index < -0.39 is 0 Å². The molecule has 3 aromatic carbocycles. The lowest BCUT2D eigenvalue weighted by molar-refractivity contribution is -0.109. The van der Waals surface area contributed by atoms with Crippen molar-refractivity contribution in [3.05, 3.63) is 107 Å². The molecule has 1 heteroatoms. The second-order valence-electron chi connectivity index (χ2n) is 5.87. The van der Waals surface area contributed by atoms with Gasteiger partial charge in [0.05, 0.1) is 5.92 Å². The molecule has 0 aliphatic carbocycles. The molecule has 0 radical (unpaired) electrons. The fraction of sp³-hybridized carbons (Fsp3) is 0.136. The number of aldehydes is 1. The standard InChI is InChI=1S/C22H20O/c1-17-12-14-18(15-13-17)21(16-23)22(19-8-4-2-5-9-19)20-10-6-3-7-11-20/h2-16,21-22H,1H3. The topological polar surface area (TPSA) is 17.1 Å². The van der Waals surface area contributed by atoms with Crippen LogP contribution in [0.15, 0.2) is 84.9 Å². The first-order valence-electron chi connectivity index (χ1n) is 7.91. The van der Waals surface area contributed by atoms with Crippen LogP contribution >= 0.6 is 0 Å². The van der Waals surface area contributed by atoms with Gasteiger partial charge in [-0.2, -0.15) is 0 Å². The van der Waals surface area contributed by atoms with Gasteiger partial charge in [-0.15, -0.1) is 0 Å². The van der Waals surface area contributed by atoms with Gasteiger partial charge < -0.3 is 4.79 Å².